The molecule has 0 spiro atoms. The number of piperidine rings is 1. The van der Waals surface area contributed by atoms with E-state index >= 15 is 0 Å². The fraction of sp³-hybridized carbons (Fsp3) is 0.636. The molecule has 2 aliphatic heterocycles. The third-order valence-electron chi connectivity index (χ3n) is 6.10. The number of benzene rings is 1. The Labute approximate surface area is 173 Å². The summed E-state index contributed by atoms with van der Waals surface area (Å²) in [6.07, 6.45) is 6.66. The molecule has 7 heteroatoms. The van der Waals surface area contributed by atoms with Crippen molar-refractivity contribution >= 4 is 16.7 Å². The number of methoxy groups -OCH3 is 1. The predicted octanol–water partition coefficient (Wildman–Crippen LogP) is 2.69. The van der Waals surface area contributed by atoms with Crippen LogP contribution in [0.2, 0.25) is 0 Å². The summed E-state index contributed by atoms with van der Waals surface area (Å²) in [6.45, 7) is 9.16. The molecule has 1 atom stereocenters. The van der Waals surface area contributed by atoms with Crippen molar-refractivity contribution in [2.24, 2.45) is 0 Å². The summed E-state index contributed by atoms with van der Waals surface area (Å²) in [5, 5.41) is 4.40. The van der Waals surface area contributed by atoms with Crippen molar-refractivity contribution in [3.63, 3.8) is 0 Å². The standard InChI is InChI=1S/C22H33N5O2/c1-17-6-3-4-9-26(17)10-5-13-29-21-15-19-18(14-20(21)28-2)22(25-16-24-19)27-11-7-23-8-12-27/h14-17,23H,3-13H2,1-2H3. The van der Waals surface area contributed by atoms with E-state index in [1.807, 2.05) is 12.1 Å². The second kappa shape index (κ2) is 9.59. The number of hydrogen-bond donors (Lipinski definition) is 1. The van der Waals surface area contributed by atoms with Crippen LogP contribution in [0.5, 0.6) is 11.5 Å². The quantitative estimate of drug-likeness (QED) is 0.718. The van der Waals surface area contributed by atoms with Gasteiger partial charge in [0.1, 0.15) is 12.1 Å². The molecule has 4 rings (SSSR count). The van der Waals surface area contributed by atoms with Gasteiger partial charge in [0, 0.05) is 50.2 Å². The molecule has 1 aromatic carbocycles. The molecule has 1 N–H and O–H groups in total. The number of nitrogens with zero attached hydrogens (tertiary/aromatic N) is 4. The van der Waals surface area contributed by atoms with Crippen LogP contribution in [0.15, 0.2) is 18.5 Å². The highest BCUT2D eigenvalue weighted by Gasteiger charge is 2.19. The Hall–Kier alpha value is -2.12. The van der Waals surface area contributed by atoms with Gasteiger partial charge in [-0.05, 0) is 38.8 Å². The molecule has 2 aromatic rings. The highest BCUT2D eigenvalue weighted by molar-refractivity contribution is 5.92. The van der Waals surface area contributed by atoms with Gasteiger partial charge in [-0.1, -0.05) is 6.42 Å². The number of ether oxygens (including phenoxy) is 2. The van der Waals surface area contributed by atoms with Crippen molar-refractivity contribution in [2.75, 3.05) is 57.9 Å². The summed E-state index contributed by atoms with van der Waals surface area (Å²) in [6, 6.07) is 4.71. The zero-order valence-electron chi connectivity index (χ0n) is 17.7. The smallest absolute Gasteiger partial charge is 0.163 e. The molecule has 158 valence electrons. The van der Waals surface area contributed by atoms with Crippen molar-refractivity contribution in [1.29, 1.82) is 0 Å². The number of hydrogen-bond acceptors (Lipinski definition) is 7. The van der Waals surface area contributed by atoms with Gasteiger partial charge >= 0.3 is 0 Å². The molecule has 7 nitrogen and oxygen atoms in total. The molecule has 1 unspecified atom stereocenters. The Morgan fingerprint density at radius 1 is 1.10 bits per heavy atom. The van der Waals surface area contributed by atoms with Crippen molar-refractivity contribution in [1.82, 2.24) is 20.2 Å². The van der Waals surface area contributed by atoms with Crippen molar-refractivity contribution in [3.05, 3.63) is 18.5 Å². The lowest BCUT2D eigenvalue weighted by molar-refractivity contribution is 0.148. The van der Waals surface area contributed by atoms with E-state index in [-0.39, 0.29) is 0 Å². The van der Waals surface area contributed by atoms with Gasteiger partial charge in [0.2, 0.25) is 0 Å². The first-order chi connectivity index (χ1) is 14.3. The molecule has 0 amide bonds. The van der Waals surface area contributed by atoms with Gasteiger partial charge in [0.05, 0.1) is 19.2 Å². The summed E-state index contributed by atoms with van der Waals surface area (Å²) in [7, 11) is 1.69. The zero-order chi connectivity index (χ0) is 20.1. The summed E-state index contributed by atoms with van der Waals surface area (Å²) in [5.41, 5.74) is 0.897. The number of rotatable bonds is 7. The fourth-order valence-corrected chi connectivity index (χ4v) is 4.39. The van der Waals surface area contributed by atoms with Gasteiger partial charge in [-0.25, -0.2) is 9.97 Å². The Morgan fingerprint density at radius 3 is 2.76 bits per heavy atom. The summed E-state index contributed by atoms with van der Waals surface area (Å²) < 4.78 is 11.8. The van der Waals surface area contributed by atoms with Crippen LogP contribution in [-0.4, -0.2) is 73.9 Å². The largest absolute Gasteiger partial charge is 0.493 e. The molecule has 0 saturated carbocycles. The van der Waals surface area contributed by atoms with E-state index in [0.717, 1.165) is 67.4 Å². The number of anilines is 1. The molecule has 29 heavy (non-hydrogen) atoms. The predicted molar refractivity (Wildman–Crippen MR) is 116 cm³/mol. The number of aromatic nitrogens is 2. The van der Waals surface area contributed by atoms with Gasteiger partial charge in [-0.2, -0.15) is 0 Å². The van der Waals surface area contributed by atoms with Gasteiger partial charge in [0.25, 0.3) is 0 Å². The first-order valence-electron chi connectivity index (χ1n) is 10.9. The third-order valence-corrected chi connectivity index (χ3v) is 6.10. The Balaban J connectivity index is 1.45. The second-order valence-electron chi connectivity index (χ2n) is 8.04. The van der Waals surface area contributed by atoms with Crippen LogP contribution in [0.25, 0.3) is 10.9 Å². The molecule has 3 heterocycles. The summed E-state index contributed by atoms with van der Waals surface area (Å²) in [5.74, 6) is 2.48. The first kappa shape index (κ1) is 20.2. The number of nitrogens with one attached hydrogen (secondary N) is 1. The topological polar surface area (TPSA) is 62.8 Å². The maximum Gasteiger partial charge on any atom is 0.163 e. The molecule has 2 saturated heterocycles. The minimum absolute atomic E-state index is 0.681. The van der Waals surface area contributed by atoms with E-state index in [4.69, 9.17) is 9.47 Å². The van der Waals surface area contributed by atoms with E-state index < -0.39 is 0 Å². The van der Waals surface area contributed by atoms with E-state index in [9.17, 15) is 0 Å². The number of piperazine rings is 1. The van der Waals surface area contributed by atoms with Crippen molar-refractivity contribution in [3.8, 4) is 11.5 Å². The molecular weight excluding hydrogens is 366 g/mol. The normalized spacial score (nSPS) is 20.8. The van der Waals surface area contributed by atoms with Crippen LogP contribution in [0, 0.1) is 0 Å². The van der Waals surface area contributed by atoms with Crippen LogP contribution >= 0.6 is 0 Å². The van der Waals surface area contributed by atoms with E-state index in [1.165, 1.54) is 25.8 Å². The summed E-state index contributed by atoms with van der Waals surface area (Å²) in [4.78, 5) is 13.9. The molecule has 2 aliphatic rings. The average molecular weight is 400 g/mol. The fourth-order valence-electron chi connectivity index (χ4n) is 4.39. The highest BCUT2D eigenvalue weighted by Crippen LogP contribution is 2.35. The molecule has 0 bridgehead atoms. The van der Waals surface area contributed by atoms with E-state index in [2.05, 4.69) is 32.0 Å². The molecule has 1 aromatic heterocycles. The Morgan fingerprint density at radius 2 is 1.97 bits per heavy atom. The lowest BCUT2D eigenvalue weighted by atomic mass is 10.0. The zero-order valence-corrected chi connectivity index (χ0v) is 17.7. The minimum Gasteiger partial charge on any atom is -0.493 e. The first-order valence-corrected chi connectivity index (χ1v) is 10.9. The third kappa shape index (κ3) is 4.73. The van der Waals surface area contributed by atoms with Crippen LogP contribution in [0.4, 0.5) is 5.82 Å². The lowest BCUT2D eigenvalue weighted by Crippen LogP contribution is -2.44. The van der Waals surface area contributed by atoms with Crippen molar-refractivity contribution in [2.45, 2.75) is 38.6 Å². The molecule has 2 fully saturated rings. The van der Waals surface area contributed by atoms with Crippen LogP contribution in [0.1, 0.15) is 32.6 Å². The Bertz CT molecular complexity index is 809. The maximum atomic E-state index is 6.11. The molecule has 0 aliphatic carbocycles. The second-order valence-corrected chi connectivity index (χ2v) is 8.04. The Kier molecular flexibility index (Phi) is 6.67. The summed E-state index contributed by atoms with van der Waals surface area (Å²) >= 11 is 0. The average Bonchev–Trinajstić information content (AvgIpc) is 2.77. The van der Waals surface area contributed by atoms with Gasteiger partial charge in [-0.3, -0.25) is 0 Å². The SMILES string of the molecule is COc1cc2c(N3CCNCC3)ncnc2cc1OCCCN1CCCCC1C. The van der Waals surface area contributed by atoms with E-state index in [1.54, 1.807) is 13.4 Å². The molecule has 0 radical (unpaired) electrons. The van der Waals surface area contributed by atoms with Gasteiger partial charge < -0.3 is 24.6 Å². The highest BCUT2D eigenvalue weighted by atomic mass is 16.5. The lowest BCUT2D eigenvalue weighted by Gasteiger charge is -2.33. The maximum absolute atomic E-state index is 6.11. The van der Waals surface area contributed by atoms with Crippen molar-refractivity contribution < 1.29 is 9.47 Å². The van der Waals surface area contributed by atoms with Gasteiger partial charge in [-0.15, -0.1) is 0 Å². The van der Waals surface area contributed by atoms with Crippen LogP contribution in [0.3, 0.4) is 0 Å². The number of fused-ring (bicyclic) bond motifs is 1. The van der Waals surface area contributed by atoms with Crippen LogP contribution in [-0.2, 0) is 0 Å². The van der Waals surface area contributed by atoms with Crippen LogP contribution < -0.4 is 19.7 Å². The van der Waals surface area contributed by atoms with E-state index in [0.29, 0.717) is 12.6 Å². The molecular formula is C22H33N5O2. The monoisotopic (exact) mass is 399 g/mol. The minimum atomic E-state index is 0.681. The number of likely N-dealkylation sites (tertiary alicyclic amines) is 1. The van der Waals surface area contributed by atoms with Gasteiger partial charge in [0.15, 0.2) is 11.5 Å².